The third-order valence-corrected chi connectivity index (χ3v) is 2.30. The standard InChI is InChI=1S/C13H14N2O3/c1-10-7-12(18-15-10)8-14-13(16)17-9-11-5-3-2-4-6-11/h2-7H,8-9H2,1H3,(H,14,16). The van der Waals surface area contributed by atoms with Gasteiger partial charge in [0.05, 0.1) is 12.2 Å². The van der Waals surface area contributed by atoms with Gasteiger partial charge in [-0.3, -0.25) is 0 Å². The second kappa shape index (κ2) is 5.86. The van der Waals surface area contributed by atoms with Crippen molar-refractivity contribution in [3.8, 4) is 0 Å². The average molecular weight is 246 g/mol. The molecule has 0 aliphatic heterocycles. The lowest BCUT2D eigenvalue weighted by Crippen LogP contribution is -2.23. The summed E-state index contributed by atoms with van der Waals surface area (Å²) in [6.45, 7) is 2.34. The summed E-state index contributed by atoms with van der Waals surface area (Å²) < 4.78 is 10.0. The first-order valence-corrected chi connectivity index (χ1v) is 5.61. The van der Waals surface area contributed by atoms with Crippen molar-refractivity contribution in [3.05, 3.63) is 53.4 Å². The highest BCUT2D eigenvalue weighted by Crippen LogP contribution is 2.03. The van der Waals surface area contributed by atoms with E-state index in [0.29, 0.717) is 5.76 Å². The predicted molar refractivity (Wildman–Crippen MR) is 64.7 cm³/mol. The van der Waals surface area contributed by atoms with Crippen molar-refractivity contribution in [2.75, 3.05) is 0 Å². The Morgan fingerprint density at radius 1 is 1.39 bits per heavy atom. The van der Waals surface area contributed by atoms with E-state index in [1.807, 2.05) is 37.3 Å². The first-order valence-electron chi connectivity index (χ1n) is 5.61. The summed E-state index contributed by atoms with van der Waals surface area (Å²) in [6.07, 6.45) is -0.479. The molecule has 0 saturated carbocycles. The monoisotopic (exact) mass is 246 g/mol. The van der Waals surface area contributed by atoms with Crippen LogP contribution in [-0.4, -0.2) is 11.2 Å². The van der Waals surface area contributed by atoms with Crippen LogP contribution in [0.2, 0.25) is 0 Å². The number of benzene rings is 1. The largest absolute Gasteiger partial charge is 0.445 e. The molecule has 0 aliphatic rings. The van der Waals surface area contributed by atoms with E-state index in [-0.39, 0.29) is 13.2 Å². The van der Waals surface area contributed by atoms with E-state index in [2.05, 4.69) is 10.5 Å². The van der Waals surface area contributed by atoms with Gasteiger partial charge in [0.15, 0.2) is 5.76 Å². The van der Waals surface area contributed by atoms with Crippen LogP contribution in [0.3, 0.4) is 0 Å². The molecule has 5 nitrogen and oxygen atoms in total. The predicted octanol–water partition coefficient (Wildman–Crippen LogP) is 2.41. The van der Waals surface area contributed by atoms with Gasteiger partial charge in [0.1, 0.15) is 6.61 Å². The molecule has 1 heterocycles. The number of hydrogen-bond acceptors (Lipinski definition) is 4. The van der Waals surface area contributed by atoms with Crippen LogP contribution in [0.25, 0.3) is 0 Å². The Kier molecular flexibility index (Phi) is 3.96. The summed E-state index contributed by atoms with van der Waals surface area (Å²) >= 11 is 0. The van der Waals surface area contributed by atoms with Gasteiger partial charge in [-0.1, -0.05) is 35.5 Å². The summed E-state index contributed by atoms with van der Waals surface area (Å²) in [4.78, 5) is 11.4. The number of hydrogen-bond donors (Lipinski definition) is 1. The molecule has 1 amide bonds. The molecular formula is C13H14N2O3. The van der Waals surface area contributed by atoms with Gasteiger partial charge >= 0.3 is 6.09 Å². The lowest BCUT2D eigenvalue weighted by molar-refractivity contribution is 0.138. The van der Waals surface area contributed by atoms with Crippen molar-refractivity contribution in [1.29, 1.82) is 0 Å². The number of amides is 1. The topological polar surface area (TPSA) is 64.4 Å². The number of nitrogens with zero attached hydrogens (tertiary/aromatic N) is 1. The highest BCUT2D eigenvalue weighted by Gasteiger charge is 2.05. The fraction of sp³-hybridized carbons (Fsp3) is 0.231. The molecule has 0 atom stereocenters. The van der Waals surface area contributed by atoms with Crippen LogP contribution in [0, 0.1) is 6.92 Å². The smallest absolute Gasteiger partial charge is 0.407 e. The van der Waals surface area contributed by atoms with Gasteiger partial charge in [0.25, 0.3) is 0 Å². The molecule has 2 rings (SSSR count). The number of carbonyl (C=O) groups is 1. The first kappa shape index (κ1) is 12.2. The zero-order chi connectivity index (χ0) is 12.8. The number of nitrogens with one attached hydrogen (secondary N) is 1. The lowest BCUT2D eigenvalue weighted by atomic mass is 10.2. The second-order valence-electron chi connectivity index (χ2n) is 3.85. The molecule has 0 unspecified atom stereocenters. The molecule has 0 saturated heterocycles. The fourth-order valence-electron chi connectivity index (χ4n) is 1.43. The highest BCUT2D eigenvalue weighted by atomic mass is 16.5. The molecule has 0 spiro atoms. The zero-order valence-electron chi connectivity index (χ0n) is 10.1. The van der Waals surface area contributed by atoms with Crippen molar-refractivity contribution in [2.45, 2.75) is 20.1 Å². The summed E-state index contributed by atoms with van der Waals surface area (Å²) in [5.74, 6) is 0.601. The molecule has 0 radical (unpaired) electrons. The quantitative estimate of drug-likeness (QED) is 0.899. The molecule has 0 fully saturated rings. The van der Waals surface area contributed by atoms with E-state index in [1.165, 1.54) is 0 Å². The summed E-state index contributed by atoms with van der Waals surface area (Å²) in [5.41, 5.74) is 1.73. The summed E-state index contributed by atoms with van der Waals surface area (Å²) in [5, 5.41) is 6.31. The van der Waals surface area contributed by atoms with Crippen LogP contribution in [-0.2, 0) is 17.9 Å². The normalized spacial score (nSPS) is 10.1. The molecule has 18 heavy (non-hydrogen) atoms. The molecule has 0 aliphatic carbocycles. The minimum absolute atomic E-state index is 0.252. The number of ether oxygens (including phenoxy) is 1. The number of rotatable bonds is 4. The van der Waals surface area contributed by atoms with E-state index >= 15 is 0 Å². The molecule has 1 aromatic carbocycles. The Hall–Kier alpha value is -2.30. The third kappa shape index (κ3) is 3.62. The van der Waals surface area contributed by atoms with Crippen LogP contribution >= 0.6 is 0 Å². The maximum absolute atomic E-state index is 11.4. The lowest BCUT2D eigenvalue weighted by Gasteiger charge is -2.05. The van der Waals surface area contributed by atoms with Crippen molar-refractivity contribution in [2.24, 2.45) is 0 Å². The van der Waals surface area contributed by atoms with E-state index in [0.717, 1.165) is 11.3 Å². The van der Waals surface area contributed by atoms with E-state index in [4.69, 9.17) is 9.26 Å². The molecular weight excluding hydrogens is 232 g/mol. The maximum atomic E-state index is 11.4. The van der Waals surface area contributed by atoms with Gasteiger partial charge in [0, 0.05) is 6.07 Å². The van der Waals surface area contributed by atoms with Crippen molar-refractivity contribution < 1.29 is 14.1 Å². The average Bonchev–Trinajstić information content (AvgIpc) is 2.81. The summed E-state index contributed by atoms with van der Waals surface area (Å²) in [7, 11) is 0. The van der Waals surface area contributed by atoms with E-state index in [1.54, 1.807) is 6.07 Å². The van der Waals surface area contributed by atoms with Gasteiger partial charge in [-0.15, -0.1) is 0 Å². The molecule has 0 bridgehead atoms. The van der Waals surface area contributed by atoms with Gasteiger partial charge in [-0.25, -0.2) is 4.79 Å². The minimum Gasteiger partial charge on any atom is -0.445 e. The number of aryl methyl sites for hydroxylation is 1. The Balaban J connectivity index is 1.73. The Morgan fingerprint density at radius 3 is 2.83 bits per heavy atom. The number of aromatic nitrogens is 1. The Bertz CT molecular complexity index is 508. The fourth-order valence-corrected chi connectivity index (χ4v) is 1.43. The second-order valence-corrected chi connectivity index (χ2v) is 3.85. The zero-order valence-corrected chi connectivity index (χ0v) is 10.1. The Morgan fingerprint density at radius 2 is 2.17 bits per heavy atom. The minimum atomic E-state index is -0.479. The molecule has 1 N–H and O–H groups in total. The van der Waals surface area contributed by atoms with E-state index < -0.39 is 6.09 Å². The van der Waals surface area contributed by atoms with Crippen molar-refractivity contribution in [1.82, 2.24) is 10.5 Å². The number of carbonyl (C=O) groups excluding carboxylic acids is 1. The van der Waals surface area contributed by atoms with Crippen LogP contribution in [0.1, 0.15) is 17.0 Å². The first-order chi connectivity index (χ1) is 8.74. The number of alkyl carbamates (subject to hydrolysis) is 1. The van der Waals surface area contributed by atoms with E-state index in [9.17, 15) is 4.79 Å². The molecule has 2 aromatic rings. The van der Waals surface area contributed by atoms with Crippen LogP contribution in [0.15, 0.2) is 40.9 Å². The third-order valence-electron chi connectivity index (χ3n) is 2.30. The van der Waals surface area contributed by atoms with Gasteiger partial charge in [-0.2, -0.15) is 0 Å². The molecule has 1 aromatic heterocycles. The maximum Gasteiger partial charge on any atom is 0.407 e. The summed E-state index contributed by atoms with van der Waals surface area (Å²) in [6, 6.07) is 11.3. The molecule has 94 valence electrons. The van der Waals surface area contributed by atoms with Gasteiger partial charge in [0.2, 0.25) is 0 Å². The SMILES string of the molecule is Cc1cc(CNC(=O)OCc2ccccc2)on1. The highest BCUT2D eigenvalue weighted by molar-refractivity contribution is 5.67. The van der Waals surface area contributed by atoms with Crippen LogP contribution in [0.5, 0.6) is 0 Å². The van der Waals surface area contributed by atoms with Gasteiger partial charge in [-0.05, 0) is 12.5 Å². The van der Waals surface area contributed by atoms with Crippen LogP contribution in [0.4, 0.5) is 4.79 Å². The van der Waals surface area contributed by atoms with Crippen molar-refractivity contribution >= 4 is 6.09 Å². The van der Waals surface area contributed by atoms with Crippen LogP contribution < -0.4 is 5.32 Å². The van der Waals surface area contributed by atoms with Gasteiger partial charge < -0.3 is 14.6 Å². The van der Waals surface area contributed by atoms with Crippen molar-refractivity contribution in [3.63, 3.8) is 0 Å². The Labute approximate surface area is 105 Å². The molecule has 5 heteroatoms.